The van der Waals surface area contributed by atoms with Crippen LogP contribution in [0.2, 0.25) is 0 Å². The number of imide groups is 1. The van der Waals surface area contributed by atoms with E-state index in [1.54, 1.807) is 0 Å². The van der Waals surface area contributed by atoms with Gasteiger partial charge in [0.15, 0.2) is 0 Å². The van der Waals surface area contributed by atoms with Gasteiger partial charge in [-0.2, -0.15) is 25.3 Å². The number of aromatic amines is 1. The van der Waals surface area contributed by atoms with E-state index in [0.29, 0.717) is 0 Å². The lowest BCUT2D eigenvalue weighted by Crippen LogP contribution is -2.56. The van der Waals surface area contributed by atoms with Crippen molar-refractivity contribution in [3.05, 3.63) is 36.0 Å². The molecular weight excluding hydrogens is 502 g/mol. The Morgan fingerprint density at radius 1 is 1.14 bits per heavy atom. The number of likely N-dealkylation sites (N-methyl/N-ethyl adjacent to an activating group) is 2. The lowest BCUT2D eigenvalue weighted by Gasteiger charge is -2.30. The second kappa shape index (κ2) is 12.3. The Bertz CT molecular complexity index is 1140. The summed E-state index contributed by atoms with van der Waals surface area (Å²) < 4.78 is 0. The van der Waals surface area contributed by atoms with E-state index in [1.807, 2.05) is 30.5 Å². The number of likely N-dealkylation sites (tertiary alicyclic amines) is 1. The summed E-state index contributed by atoms with van der Waals surface area (Å²) in [6.07, 6.45) is 2.59. The third-order valence-electron chi connectivity index (χ3n) is 6.33. The largest absolute Gasteiger partial charge is 0.361 e. The average Bonchev–Trinajstić information content (AvgIpc) is 3.44. The number of H-pyrrole nitrogens is 1. The minimum absolute atomic E-state index is 0.00601. The highest BCUT2D eigenvalue weighted by Gasteiger charge is 2.33. The van der Waals surface area contributed by atoms with Gasteiger partial charge in [0.25, 0.3) is 0 Å². The van der Waals surface area contributed by atoms with Gasteiger partial charge in [0, 0.05) is 62.8 Å². The molecular formula is C24H31N5O5S2. The minimum Gasteiger partial charge on any atom is -0.361 e. The Hall–Kier alpha value is -2.99. The lowest BCUT2D eigenvalue weighted by molar-refractivity contribution is -0.141. The Kier molecular flexibility index (Phi) is 9.43. The van der Waals surface area contributed by atoms with E-state index in [4.69, 9.17) is 0 Å². The van der Waals surface area contributed by atoms with E-state index in [1.165, 1.54) is 19.0 Å². The van der Waals surface area contributed by atoms with Crippen molar-refractivity contribution in [3.8, 4) is 0 Å². The van der Waals surface area contributed by atoms with Crippen LogP contribution >= 0.6 is 25.3 Å². The Balaban J connectivity index is 1.66. The van der Waals surface area contributed by atoms with Crippen molar-refractivity contribution in [3.63, 3.8) is 0 Å². The number of fused-ring (bicyclic) bond motifs is 1. The van der Waals surface area contributed by atoms with Crippen LogP contribution in [0.3, 0.4) is 0 Å². The van der Waals surface area contributed by atoms with Crippen LogP contribution in [0.15, 0.2) is 30.5 Å². The molecule has 1 unspecified atom stereocenters. The zero-order chi connectivity index (χ0) is 26.4. The van der Waals surface area contributed by atoms with Crippen molar-refractivity contribution in [2.24, 2.45) is 0 Å². The van der Waals surface area contributed by atoms with E-state index in [9.17, 15) is 24.0 Å². The number of benzene rings is 1. The van der Waals surface area contributed by atoms with Gasteiger partial charge in [-0.15, -0.1) is 0 Å². The van der Waals surface area contributed by atoms with Gasteiger partial charge in [-0.1, -0.05) is 18.2 Å². The van der Waals surface area contributed by atoms with Crippen LogP contribution in [0.25, 0.3) is 10.9 Å². The SMILES string of the molecule is CNC(=O)[C@H](Cc1c[nH]c2ccccc12)N(C)C(=O)C(CS)NC(=O)[C@@H](S)CCN1C(=O)CCC1=O. The normalized spacial score (nSPS) is 16.1. The molecule has 1 fully saturated rings. The molecule has 2 aromatic rings. The second-order valence-electron chi connectivity index (χ2n) is 8.63. The summed E-state index contributed by atoms with van der Waals surface area (Å²) in [6, 6.07) is 5.86. The van der Waals surface area contributed by atoms with E-state index in [2.05, 4.69) is 40.9 Å². The van der Waals surface area contributed by atoms with Gasteiger partial charge < -0.3 is 20.5 Å². The smallest absolute Gasteiger partial charge is 0.246 e. The van der Waals surface area contributed by atoms with Crippen LogP contribution in [0.4, 0.5) is 0 Å². The third kappa shape index (κ3) is 6.22. The van der Waals surface area contributed by atoms with Crippen LogP contribution < -0.4 is 10.6 Å². The fourth-order valence-electron chi connectivity index (χ4n) is 4.19. The van der Waals surface area contributed by atoms with Crippen molar-refractivity contribution in [1.29, 1.82) is 0 Å². The Morgan fingerprint density at radius 2 is 1.81 bits per heavy atom. The standard InChI is InChI=1S/C24H31N5O5S2/c1-25-22(32)18(11-14-12-26-16-6-4-3-5-15(14)16)28(2)24(34)17(13-35)27-23(33)19(36)9-10-29-20(30)7-8-21(29)31/h3-6,12,17-19,26,35-36H,7-11,13H2,1-2H3,(H,25,32)(H,27,33)/t17?,18-,19-/m0/s1. The number of hydrogen-bond acceptors (Lipinski definition) is 7. The predicted molar refractivity (Wildman–Crippen MR) is 142 cm³/mol. The van der Waals surface area contributed by atoms with Crippen LogP contribution in [0.1, 0.15) is 24.8 Å². The summed E-state index contributed by atoms with van der Waals surface area (Å²) in [4.78, 5) is 67.9. The Morgan fingerprint density at radius 3 is 2.44 bits per heavy atom. The predicted octanol–water partition coefficient (Wildman–Crippen LogP) is 0.535. The highest BCUT2D eigenvalue weighted by Crippen LogP contribution is 2.21. The molecule has 36 heavy (non-hydrogen) atoms. The third-order valence-corrected chi connectivity index (χ3v) is 7.19. The molecule has 1 saturated heterocycles. The molecule has 1 aliphatic rings. The first kappa shape index (κ1) is 27.6. The van der Waals surface area contributed by atoms with E-state index < -0.39 is 29.1 Å². The molecule has 10 nitrogen and oxygen atoms in total. The average molecular weight is 534 g/mol. The maximum Gasteiger partial charge on any atom is 0.246 e. The molecule has 12 heteroatoms. The van der Waals surface area contributed by atoms with Crippen LogP contribution in [-0.2, 0) is 30.4 Å². The number of aromatic nitrogens is 1. The molecule has 1 aromatic heterocycles. The van der Waals surface area contributed by atoms with Crippen molar-refractivity contribution in [1.82, 2.24) is 25.4 Å². The summed E-state index contributed by atoms with van der Waals surface area (Å²) in [5.41, 5.74) is 1.81. The second-order valence-corrected chi connectivity index (χ2v) is 9.62. The van der Waals surface area contributed by atoms with Crippen molar-refractivity contribution < 1.29 is 24.0 Å². The molecule has 5 amide bonds. The number of rotatable bonds is 11. The number of carbonyl (C=O) groups excluding carboxylic acids is 5. The van der Waals surface area contributed by atoms with Gasteiger partial charge in [-0.05, 0) is 18.1 Å². The molecule has 1 aromatic carbocycles. The first-order valence-electron chi connectivity index (χ1n) is 11.6. The molecule has 3 N–H and O–H groups in total. The summed E-state index contributed by atoms with van der Waals surface area (Å²) in [6.45, 7) is 0.0853. The van der Waals surface area contributed by atoms with Crippen LogP contribution in [-0.4, -0.2) is 88.0 Å². The molecule has 0 spiro atoms. The molecule has 0 radical (unpaired) electrons. The van der Waals surface area contributed by atoms with Gasteiger partial charge in [-0.25, -0.2) is 0 Å². The number of thiol groups is 2. The zero-order valence-electron chi connectivity index (χ0n) is 20.2. The molecule has 2 heterocycles. The molecule has 194 valence electrons. The maximum atomic E-state index is 13.3. The monoisotopic (exact) mass is 533 g/mol. The van der Waals surface area contributed by atoms with Crippen molar-refractivity contribution in [2.45, 2.75) is 43.0 Å². The fraction of sp³-hybridized carbons (Fsp3) is 0.458. The summed E-state index contributed by atoms with van der Waals surface area (Å²) in [7, 11) is 3.02. The van der Waals surface area contributed by atoms with Gasteiger partial charge in [-0.3, -0.25) is 28.9 Å². The molecule has 3 rings (SSSR count). The lowest BCUT2D eigenvalue weighted by atomic mass is 10.0. The van der Waals surface area contributed by atoms with E-state index >= 15 is 0 Å². The number of nitrogens with zero attached hydrogens (tertiary/aromatic N) is 2. The number of nitrogens with one attached hydrogen (secondary N) is 3. The molecule has 0 saturated carbocycles. The van der Waals surface area contributed by atoms with E-state index in [-0.39, 0.29) is 55.7 Å². The maximum absolute atomic E-state index is 13.3. The first-order chi connectivity index (χ1) is 17.2. The van der Waals surface area contributed by atoms with Gasteiger partial charge in [0.05, 0.1) is 5.25 Å². The zero-order valence-corrected chi connectivity index (χ0v) is 22.0. The van der Waals surface area contributed by atoms with Crippen LogP contribution in [0, 0.1) is 0 Å². The van der Waals surface area contributed by atoms with E-state index in [0.717, 1.165) is 21.4 Å². The highest BCUT2D eigenvalue weighted by molar-refractivity contribution is 7.81. The quantitative estimate of drug-likeness (QED) is 0.213. The number of carbonyl (C=O) groups is 5. The summed E-state index contributed by atoms with van der Waals surface area (Å²) >= 11 is 8.52. The highest BCUT2D eigenvalue weighted by atomic mass is 32.1. The van der Waals surface area contributed by atoms with Gasteiger partial charge in [0.2, 0.25) is 29.5 Å². The molecule has 0 aliphatic carbocycles. The number of hydrogen-bond donors (Lipinski definition) is 5. The van der Waals surface area contributed by atoms with Crippen molar-refractivity contribution in [2.75, 3.05) is 26.4 Å². The summed E-state index contributed by atoms with van der Waals surface area (Å²) in [5, 5.41) is 5.36. The number of para-hydroxylation sites is 1. The molecule has 0 bridgehead atoms. The van der Waals surface area contributed by atoms with Crippen molar-refractivity contribution >= 4 is 65.7 Å². The first-order valence-corrected chi connectivity index (χ1v) is 12.8. The molecule has 1 aliphatic heterocycles. The van der Waals surface area contributed by atoms with Gasteiger partial charge in [0.1, 0.15) is 12.1 Å². The minimum atomic E-state index is -0.995. The van der Waals surface area contributed by atoms with Gasteiger partial charge >= 0.3 is 0 Å². The van der Waals surface area contributed by atoms with Crippen LogP contribution in [0.5, 0.6) is 0 Å². The fourth-order valence-corrected chi connectivity index (χ4v) is 4.63. The summed E-state index contributed by atoms with van der Waals surface area (Å²) in [5.74, 6) is -1.86. The Labute approximate surface area is 220 Å². The number of amides is 5. The topological polar surface area (TPSA) is 132 Å². The molecule has 3 atom stereocenters.